The summed E-state index contributed by atoms with van der Waals surface area (Å²) in [5.41, 5.74) is 2.34. The van der Waals surface area contributed by atoms with Crippen molar-refractivity contribution in [2.45, 2.75) is 38.0 Å². The van der Waals surface area contributed by atoms with Crippen molar-refractivity contribution in [3.63, 3.8) is 0 Å². The van der Waals surface area contributed by atoms with Gasteiger partial charge in [0.2, 0.25) is 0 Å². The van der Waals surface area contributed by atoms with E-state index in [9.17, 15) is 13.7 Å². The van der Waals surface area contributed by atoms with Crippen LogP contribution < -0.4 is 9.47 Å². The number of alkyl halides is 1. The molecule has 0 N–H and O–H groups in total. The molecule has 0 aliphatic carbocycles. The molecule has 3 rings (SSSR count). The largest absolute Gasteiger partial charge is 0.489 e. The molecule has 0 aliphatic heterocycles. The molecular formula is C26H27Cl2N3O4S. The second-order valence-corrected chi connectivity index (χ2v) is 11.8. The highest BCUT2D eigenvalue weighted by atomic mass is 35.5. The molecule has 2 aromatic carbocycles. The van der Waals surface area contributed by atoms with Gasteiger partial charge in [0.1, 0.15) is 36.1 Å². The van der Waals surface area contributed by atoms with Gasteiger partial charge < -0.3 is 9.47 Å². The third-order valence-corrected chi connectivity index (χ3v) is 6.85. The Morgan fingerprint density at radius 1 is 1.14 bits per heavy atom. The zero-order chi connectivity index (χ0) is 26.5. The minimum atomic E-state index is -3.24. The topological polar surface area (TPSA) is 102 Å². The standard InChI is InChI=1S/C26H27Cl2N3O4S/c1-17(23-9-11-30-24(31-23)16-36(4,32)33)35-21-7-5-19(6-8-21)26(2,3)20-13-18(15-29)25(22(28)14-20)34-12-10-27/h5-9,11,13-14,17H,10,12,16H2,1-4H3/t17-/m0/s1. The molecule has 0 unspecified atom stereocenters. The highest BCUT2D eigenvalue weighted by Crippen LogP contribution is 2.38. The lowest BCUT2D eigenvalue weighted by molar-refractivity contribution is 0.221. The van der Waals surface area contributed by atoms with Gasteiger partial charge >= 0.3 is 0 Å². The first kappa shape index (κ1) is 27.7. The lowest BCUT2D eigenvalue weighted by Crippen LogP contribution is -2.19. The molecule has 0 aliphatic rings. The van der Waals surface area contributed by atoms with Gasteiger partial charge in [0.25, 0.3) is 0 Å². The van der Waals surface area contributed by atoms with Gasteiger partial charge in [-0.3, -0.25) is 0 Å². The molecule has 0 spiro atoms. The predicted octanol–water partition coefficient (Wildman–Crippen LogP) is 5.63. The first-order chi connectivity index (χ1) is 16.9. The van der Waals surface area contributed by atoms with Crippen LogP contribution in [0.25, 0.3) is 0 Å². The third kappa shape index (κ3) is 6.88. The Morgan fingerprint density at radius 3 is 2.44 bits per heavy atom. The van der Waals surface area contributed by atoms with Crippen LogP contribution in [-0.2, 0) is 21.0 Å². The summed E-state index contributed by atoms with van der Waals surface area (Å²) in [6.45, 7) is 6.18. The fourth-order valence-electron chi connectivity index (χ4n) is 3.65. The summed E-state index contributed by atoms with van der Waals surface area (Å²) < 4.78 is 34.7. The Balaban J connectivity index is 1.80. The second-order valence-electron chi connectivity index (χ2n) is 8.86. The summed E-state index contributed by atoms with van der Waals surface area (Å²) >= 11 is 12.1. The van der Waals surface area contributed by atoms with Crippen LogP contribution in [0.15, 0.2) is 48.7 Å². The number of ether oxygens (including phenoxy) is 2. The van der Waals surface area contributed by atoms with Gasteiger partial charge in [0, 0.05) is 17.9 Å². The molecule has 1 aromatic heterocycles. The Labute approximate surface area is 221 Å². The van der Waals surface area contributed by atoms with Gasteiger partial charge in [-0.15, -0.1) is 11.6 Å². The van der Waals surface area contributed by atoms with Crippen molar-refractivity contribution in [2.24, 2.45) is 0 Å². The van der Waals surface area contributed by atoms with Gasteiger partial charge in [0.15, 0.2) is 15.6 Å². The highest BCUT2D eigenvalue weighted by molar-refractivity contribution is 7.89. The van der Waals surface area contributed by atoms with E-state index in [-0.39, 0.29) is 18.2 Å². The summed E-state index contributed by atoms with van der Waals surface area (Å²) in [7, 11) is -3.24. The molecule has 7 nitrogen and oxygen atoms in total. The number of hydrogen-bond acceptors (Lipinski definition) is 7. The molecule has 0 radical (unpaired) electrons. The minimum Gasteiger partial charge on any atom is -0.489 e. The predicted molar refractivity (Wildman–Crippen MR) is 141 cm³/mol. The van der Waals surface area contributed by atoms with Crippen LogP contribution in [-0.4, -0.2) is 37.1 Å². The van der Waals surface area contributed by atoms with Crippen LogP contribution in [0.4, 0.5) is 0 Å². The lowest BCUT2D eigenvalue weighted by atomic mass is 9.77. The molecular weight excluding hydrogens is 521 g/mol. The zero-order valence-corrected chi connectivity index (χ0v) is 22.8. The molecule has 3 aromatic rings. The van der Waals surface area contributed by atoms with Crippen molar-refractivity contribution < 1.29 is 17.9 Å². The first-order valence-corrected chi connectivity index (χ1v) is 14.1. The van der Waals surface area contributed by atoms with Crippen molar-refractivity contribution in [1.82, 2.24) is 9.97 Å². The average molecular weight is 548 g/mol. The number of benzene rings is 2. The maximum atomic E-state index is 11.6. The first-order valence-electron chi connectivity index (χ1n) is 11.1. The molecule has 10 heteroatoms. The molecule has 1 heterocycles. The van der Waals surface area contributed by atoms with Crippen molar-refractivity contribution >= 4 is 33.0 Å². The highest BCUT2D eigenvalue weighted by Gasteiger charge is 2.26. The molecule has 0 saturated heterocycles. The van der Waals surface area contributed by atoms with Gasteiger partial charge in [-0.2, -0.15) is 5.26 Å². The Hall–Kier alpha value is -2.86. The van der Waals surface area contributed by atoms with Crippen LogP contribution in [0.3, 0.4) is 0 Å². The quantitative estimate of drug-likeness (QED) is 0.303. The van der Waals surface area contributed by atoms with Gasteiger partial charge in [-0.25, -0.2) is 18.4 Å². The summed E-state index contributed by atoms with van der Waals surface area (Å²) in [4.78, 5) is 8.36. The van der Waals surface area contributed by atoms with E-state index < -0.39 is 21.4 Å². The maximum Gasteiger partial charge on any atom is 0.155 e. The van der Waals surface area contributed by atoms with E-state index in [2.05, 4.69) is 16.0 Å². The Bertz CT molecular complexity index is 1370. The number of nitriles is 1. The SMILES string of the molecule is C[C@H](Oc1ccc(C(C)(C)c2cc(Cl)c(OCCCl)c(C#N)c2)cc1)c1ccnc(CS(C)(=O)=O)n1. The number of aromatic nitrogens is 2. The number of sulfone groups is 1. The monoisotopic (exact) mass is 547 g/mol. The van der Waals surface area contributed by atoms with Gasteiger partial charge in [0.05, 0.1) is 22.2 Å². The third-order valence-electron chi connectivity index (χ3n) is 5.63. The molecule has 0 amide bonds. The Morgan fingerprint density at radius 2 is 1.83 bits per heavy atom. The minimum absolute atomic E-state index is 0.227. The van der Waals surface area contributed by atoms with Crippen molar-refractivity contribution in [1.29, 1.82) is 5.26 Å². The molecule has 190 valence electrons. The van der Waals surface area contributed by atoms with Crippen LogP contribution in [0.1, 0.15) is 55.1 Å². The molecule has 0 bridgehead atoms. The summed E-state index contributed by atoms with van der Waals surface area (Å²) in [6, 6.07) is 15.1. The number of rotatable bonds is 10. The fraction of sp³-hybridized carbons (Fsp3) is 0.346. The van der Waals surface area contributed by atoms with E-state index in [0.717, 1.165) is 17.4 Å². The van der Waals surface area contributed by atoms with E-state index in [1.54, 1.807) is 12.1 Å². The van der Waals surface area contributed by atoms with Crippen molar-refractivity contribution in [3.8, 4) is 17.6 Å². The van der Waals surface area contributed by atoms with E-state index in [0.29, 0.717) is 33.7 Å². The number of halogens is 2. The van der Waals surface area contributed by atoms with Gasteiger partial charge in [-0.05, 0) is 48.4 Å². The average Bonchev–Trinajstić information content (AvgIpc) is 2.82. The zero-order valence-electron chi connectivity index (χ0n) is 20.5. The van der Waals surface area contributed by atoms with E-state index in [4.69, 9.17) is 32.7 Å². The van der Waals surface area contributed by atoms with Crippen LogP contribution in [0.2, 0.25) is 5.02 Å². The smallest absolute Gasteiger partial charge is 0.155 e. The molecule has 36 heavy (non-hydrogen) atoms. The van der Waals surface area contributed by atoms with E-state index in [1.165, 1.54) is 6.20 Å². The number of nitrogens with zero attached hydrogens (tertiary/aromatic N) is 3. The summed E-state index contributed by atoms with van der Waals surface area (Å²) in [6.07, 6.45) is 2.26. The molecule has 0 fully saturated rings. The van der Waals surface area contributed by atoms with Crippen LogP contribution in [0, 0.1) is 11.3 Å². The maximum absolute atomic E-state index is 11.6. The van der Waals surface area contributed by atoms with Crippen molar-refractivity contribution in [3.05, 3.63) is 81.9 Å². The normalized spacial score (nSPS) is 12.6. The van der Waals surface area contributed by atoms with Crippen molar-refractivity contribution in [2.75, 3.05) is 18.7 Å². The molecule has 1 atom stereocenters. The van der Waals surface area contributed by atoms with Crippen LogP contribution in [0.5, 0.6) is 11.5 Å². The second kappa shape index (κ2) is 11.5. The summed E-state index contributed by atoms with van der Waals surface area (Å²) in [5, 5.41) is 9.97. The lowest BCUT2D eigenvalue weighted by Gasteiger charge is -2.27. The number of hydrogen-bond donors (Lipinski definition) is 0. The summed E-state index contributed by atoms with van der Waals surface area (Å²) in [5.74, 6) is 1.26. The molecule has 0 saturated carbocycles. The fourth-order valence-corrected chi connectivity index (χ4v) is 4.61. The van der Waals surface area contributed by atoms with E-state index >= 15 is 0 Å². The van der Waals surface area contributed by atoms with Crippen LogP contribution >= 0.6 is 23.2 Å². The van der Waals surface area contributed by atoms with Gasteiger partial charge in [-0.1, -0.05) is 37.6 Å². The Kier molecular flexibility index (Phi) is 8.83. The van der Waals surface area contributed by atoms with E-state index in [1.807, 2.05) is 51.1 Å².